The molecule has 1 aromatic heterocycles. The molecule has 4 rings (SSSR count). The minimum absolute atomic E-state index is 0.185. The number of amides is 1. The molecule has 10 heteroatoms. The van der Waals surface area contributed by atoms with E-state index in [2.05, 4.69) is 10.3 Å². The zero-order chi connectivity index (χ0) is 22.6. The van der Waals surface area contributed by atoms with E-state index >= 15 is 0 Å². The van der Waals surface area contributed by atoms with Crippen LogP contribution in [0.5, 0.6) is 5.75 Å². The van der Waals surface area contributed by atoms with Gasteiger partial charge in [0.25, 0.3) is 5.91 Å². The van der Waals surface area contributed by atoms with Crippen molar-refractivity contribution >= 4 is 33.0 Å². The van der Waals surface area contributed by atoms with Gasteiger partial charge in [0.1, 0.15) is 5.75 Å². The van der Waals surface area contributed by atoms with E-state index < -0.39 is 10.0 Å². The lowest BCUT2D eigenvalue weighted by molar-refractivity contribution is -0.118. The number of anilines is 1. The number of carbonyl (C=O) groups is 1. The van der Waals surface area contributed by atoms with Crippen LogP contribution in [-0.2, 0) is 19.6 Å². The van der Waals surface area contributed by atoms with E-state index in [4.69, 9.17) is 9.47 Å². The molecule has 1 saturated heterocycles. The van der Waals surface area contributed by atoms with Crippen molar-refractivity contribution in [3.8, 4) is 17.0 Å². The molecule has 1 fully saturated rings. The van der Waals surface area contributed by atoms with Crippen LogP contribution in [0.3, 0.4) is 0 Å². The number of hydrogen-bond acceptors (Lipinski definition) is 7. The molecule has 2 aromatic carbocycles. The van der Waals surface area contributed by atoms with Gasteiger partial charge in [-0.3, -0.25) is 4.79 Å². The molecule has 0 bridgehead atoms. The van der Waals surface area contributed by atoms with Gasteiger partial charge in [0.05, 0.1) is 28.8 Å². The van der Waals surface area contributed by atoms with Gasteiger partial charge in [-0.15, -0.1) is 11.3 Å². The smallest absolute Gasteiger partial charge is 0.262 e. The number of sulfonamides is 1. The number of carbonyl (C=O) groups excluding carboxylic acids is 1. The van der Waals surface area contributed by atoms with Crippen LogP contribution < -0.4 is 10.1 Å². The number of ether oxygens (including phenoxy) is 2. The first kappa shape index (κ1) is 22.4. The standard InChI is InChI=1S/C22H23N3O5S2/c1-16-23-21(15-31-16)17-3-2-4-18(13-17)24-22(26)14-30-19-5-7-20(8-6-19)32(27,28)25-9-11-29-12-10-25/h2-8,13,15H,9-12,14H2,1H3,(H,24,26). The summed E-state index contributed by atoms with van der Waals surface area (Å²) in [5.74, 6) is 0.0920. The summed E-state index contributed by atoms with van der Waals surface area (Å²) in [7, 11) is -3.56. The van der Waals surface area contributed by atoms with Gasteiger partial charge in [-0.05, 0) is 43.3 Å². The topological polar surface area (TPSA) is 97.8 Å². The van der Waals surface area contributed by atoms with Gasteiger partial charge in [-0.1, -0.05) is 12.1 Å². The van der Waals surface area contributed by atoms with Gasteiger partial charge in [-0.25, -0.2) is 13.4 Å². The molecular weight excluding hydrogens is 450 g/mol. The van der Waals surface area contributed by atoms with E-state index in [9.17, 15) is 13.2 Å². The molecule has 1 amide bonds. The zero-order valence-corrected chi connectivity index (χ0v) is 19.1. The molecule has 2 heterocycles. The summed E-state index contributed by atoms with van der Waals surface area (Å²) in [6.07, 6.45) is 0. The average molecular weight is 474 g/mol. The Kier molecular flexibility index (Phi) is 6.85. The molecule has 1 aliphatic rings. The van der Waals surface area contributed by atoms with E-state index in [0.29, 0.717) is 37.7 Å². The highest BCUT2D eigenvalue weighted by Crippen LogP contribution is 2.24. The van der Waals surface area contributed by atoms with Gasteiger partial charge in [0, 0.05) is 29.7 Å². The molecule has 1 aliphatic heterocycles. The van der Waals surface area contributed by atoms with Crippen LogP contribution in [0.15, 0.2) is 58.8 Å². The first-order valence-electron chi connectivity index (χ1n) is 10.0. The summed E-state index contributed by atoms with van der Waals surface area (Å²) in [4.78, 5) is 17.0. The maximum atomic E-state index is 12.7. The van der Waals surface area contributed by atoms with Crippen LogP contribution in [0.4, 0.5) is 5.69 Å². The third-order valence-electron chi connectivity index (χ3n) is 4.86. The predicted octanol–water partition coefficient (Wildman–Crippen LogP) is 3.16. The molecule has 168 valence electrons. The van der Waals surface area contributed by atoms with Crippen LogP contribution in [0.2, 0.25) is 0 Å². The lowest BCUT2D eigenvalue weighted by atomic mass is 10.1. The number of thiazole rings is 1. The molecule has 0 atom stereocenters. The first-order valence-corrected chi connectivity index (χ1v) is 12.4. The molecule has 0 unspecified atom stereocenters. The molecule has 1 N–H and O–H groups in total. The highest BCUT2D eigenvalue weighted by atomic mass is 32.2. The minimum atomic E-state index is -3.56. The largest absolute Gasteiger partial charge is 0.484 e. The van der Waals surface area contributed by atoms with Crippen molar-refractivity contribution in [2.75, 3.05) is 38.2 Å². The Labute approximate surface area is 190 Å². The molecule has 0 spiro atoms. The number of benzene rings is 2. The van der Waals surface area contributed by atoms with E-state index in [0.717, 1.165) is 16.3 Å². The highest BCUT2D eigenvalue weighted by Gasteiger charge is 2.26. The minimum Gasteiger partial charge on any atom is -0.484 e. The maximum absolute atomic E-state index is 12.7. The van der Waals surface area contributed by atoms with Crippen molar-refractivity contribution in [2.24, 2.45) is 0 Å². The number of aromatic nitrogens is 1. The van der Waals surface area contributed by atoms with Crippen LogP contribution in [0, 0.1) is 6.92 Å². The van der Waals surface area contributed by atoms with E-state index in [1.807, 2.05) is 30.5 Å². The summed E-state index contributed by atoms with van der Waals surface area (Å²) in [5, 5.41) is 5.76. The Morgan fingerprint density at radius 3 is 2.62 bits per heavy atom. The van der Waals surface area contributed by atoms with Gasteiger partial charge < -0.3 is 14.8 Å². The molecule has 8 nitrogen and oxygen atoms in total. The van der Waals surface area contributed by atoms with Crippen molar-refractivity contribution in [3.05, 3.63) is 58.9 Å². The number of morpholine rings is 1. The van der Waals surface area contributed by atoms with Crippen LogP contribution in [0.1, 0.15) is 5.01 Å². The summed E-state index contributed by atoms with van der Waals surface area (Å²) < 4.78 is 37.5. The van der Waals surface area contributed by atoms with E-state index in [1.54, 1.807) is 29.5 Å². The molecule has 0 aliphatic carbocycles. The van der Waals surface area contributed by atoms with Crippen LogP contribution in [-0.4, -0.2) is 56.5 Å². The number of nitrogens with zero attached hydrogens (tertiary/aromatic N) is 2. The number of aryl methyl sites for hydroxylation is 1. The van der Waals surface area contributed by atoms with E-state index in [-0.39, 0.29) is 17.4 Å². The van der Waals surface area contributed by atoms with Crippen molar-refractivity contribution in [3.63, 3.8) is 0 Å². The molecule has 0 radical (unpaired) electrons. The van der Waals surface area contributed by atoms with Crippen molar-refractivity contribution in [2.45, 2.75) is 11.8 Å². The van der Waals surface area contributed by atoms with Crippen LogP contribution in [0.25, 0.3) is 11.3 Å². The lowest BCUT2D eigenvalue weighted by Crippen LogP contribution is -2.40. The SMILES string of the molecule is Cc1nc(-c2cccc(NC(=O)COc3ccc(S(=O)(=O)N4CCOCC4)cc3)c2)cs1. The Morgan fingerprint density at radius 1 is 1.19 bits per heavy atom. The van der Waals surface area contributed by atoms with Crippen molar-refractivity contribution < 1.29 is 22.7 Å². The van der Waals surface area contributed by atoms with E-state index in [1.165, 1.54) is 16.4 Å². The number of rotatable bonds is 7. The quantitative estimate of drug-likeness (QED) is 0.566. The van der Waals surface area contributed by atoms with Gasteiger partial charge in [0.15, 0.2) is 6.61 Å². The number of hydrogen-bond donors (Lipinski definition) is 1. The second-order valence-corrected chi connectivity index (χ2v) is 10.2. The van der Waals surface area contributed by atoms with Gasteiger partial charge >= 0.3 is 0 Å². The monoisotopic (exact) mass is 473 g/mol. The first-order chi connectivity index (χ1) is 15.4. The Hall–Kier alpha value is -2.79. The van der Waals surface area contributed by atoms with Crippen LogP contribution >= 0.6 is 11.3 Å². The predicted molar refractivity (Wildman–Crippen MR) is 122 cm³/mol. The lowest BCUT2D eigenvalue weighted by Gasteiger charge is -2.26. The second-order valence-electron chi connectivity index (χ2n) is 7.16. The molecule has 0 saturated carbocycles. The summed E-state index contributed by atoms with van der Waals surface area (Å²) >= 11 is 1.57. The second kappa shape index (κ2) is 9.78. The van der Waals surface area contributed by atoms with Gasteiger partial charge in [0.2, 0.25) is 10.0 Å². The Balaban J connectivity index is 1.33. The molecule has 3 aromatic rings. The summed E-state index contributed by atoms with van der Waals surface area (Å²) in [5.41, 5.74) is 2.44. The fourth-order valence-electron chi connectivity index (χ4n) is 3.24. The maximum Gasteiger partial charge on any atom is 0.262 e. The van der Waals surface area contributed by atoms with Crippen molar-refractivity contribution in [1.29, 1.82) is 0 Å². The summed E-state index contributed by atoms with van der Waals surface area (Å²) in [6.45, 7) is 3.20. The highest BCUT2D eigenvalue weighted by molar-refractivity contribution is 7.89. The summed E-state index contributed by atoms with van der Waals surface area (Å²) in [6, 6.07) is 13.5. The fraction of sp³-hybridized carbons (Fsp3) is 0.273. The zero-order valence-electron chi connectivity index (χ0n) is 17.5. The van der Waals surface area contributed by atoms with Crippen molar-refractivity contribution in [1.82, 2.24) is 9.29 Å². The average Bonchev–Trinajstić information content (AvgIpc) is 3.25. The third-order valence-corrected chi connectivity index (χ3v) is 7.55. The fourth-order valence-corrected chi connectivity index (χ4v) is 5.27. The number of nitrogens with one attached hydrogen (secondary N) is 1. The normalized spacial score (nSPS) is 14.8. The molecule has 32 heavy (non-hydrogen) atoms. The Bertz CT molecular complexity index is 1190. The van der Waals surface area contributed by atoms with Gasteiger partial charge in [-0.2, -0.15) is 4.31 Å². The Morgan fingerprint density at radius 2 is 1.94 bits per heavy atom. The molecular formula is C22H23N3O5S2. The third kappa shape index (κ3) is 5.33.